The molecule has 0 N–H and O–H groups in total. The van der Waals surface area contributed by atoms with Gasteiger partial charge in [-0.05, 0) is 30.4 Å². The van der Waals surface area contributed by atoms with Crippen molar-refractivity contribution in [2.24, 2.45) is 5.92 Å². The summed E-state index contributed by atoms with van der Waals surface area (Å²) in [6, 6.07) is 1.91. The molecular formula is C12H16Cl2N2. The van der Waals surface area contributed by atoms with Crippen molar-refractivity contribution in [1.29, 1.82) is 0 Å². The van der Waals surface area contributed by atoms with E-state index in [1.807, 2.05) is 12.3 Å². The van der Waals surface area contributed by atoms with Crippen molar-refractivity contribution >= 4 is 29.0 Å². The zero-order valence-electron chi connectivity index (χ0n) is 9.42. The molecule has 2 nitrogen and oxygen atoms in total. The number of piperidine rings is 1. The highest BCUT2D eigenvalue weighted by Crippen LogP contribution is 2.28. The number of aromatic nitrogens is 1. The van der Waals surface area contributed by atoms with Crippen LogP contribution in [-0.2, 0) is 5.88 Å². The van der Waals surface area contributed by atoms with E-state index in [0.29, 0.717) is 10.9 Å². The predicted molar refractivity (Wildman–Crippen MR) is 69.4 cm³/mol. The molecule has 16 heavy (non-hydrogen) atoms. The molecule has 1 atom stereocenters. The molecule has 1 aliphatic rings. The van der Waals surface area contributed by atoms with Crippen LogP contribution >= 0.6 is 23.2 Å². The average molecular weight is 259 g/mol. The quantitative estimate of drug-likeness (QED) is 0.752. The van der Waals surface area contributed by atoms with Crippen LogP contribution in [0.3, 0.4) is 0 Å². The number of hydrogen-bond donors (Lipinski definition) is 0. The van der Waals surface area contributed by atoms with Gasteiger partial charge in [-0.15, -0.1) is 11.6 Å². The van der Waals surface area contributed by atoms with Crippen molar-refractivity contribution in [1.82, 2.24) is 4.98 Å². The zero-order valence-corrected chi connectivity index (χ0v) is 10.9. The molecule has 0 amide bonds. The van der Waals surface area contributed by atoms with Gasteiger partial charge in [-0.1, -0.05) is 18.5 Å². The molecule has 1 aliphatic heterocycles. The molecule has 1 aromatic rings. The first-order chi connectivity index (χ1) is 7.70. The first-order valence-electron chi connectivity index (χ1n) is 5.66. The lowest BCUT2D eigenvalue weighted by Gasteiger charge is -2.32. The molecular weight excluding hydrogens is 243 g/mol. The highest BCUT2D eigenvalue weighted by molar-refractivity contribution is 6.33. The van der Waals surface area contributed by atoms with Gasteiger partial charge in [0.05, 0.1) is 5.02 Å². The Bertz CT molecular complexity index is 368. The SMILES string of the molecule is CC1CCCN(c2ncc(CCl)cc2Cl)C1. The van der Waals surface area contributed by atoms with Crippen molar-refractivity contribution in [2.45, 2.75) is 25.6 Å². The highest BCUT2D eigenvalue weighted by atomic mass is 35.5. The Kier molecular flexibility index (Phi) is 3.93. The second-order valence-corrected chi connectivity index (χ2v) is 5.15. The predicted octanol–water partition coefficient (Wildman–Crippen LogP) is 3.71. The Balaban J connectivity index is 2.19. The maximum atomic E-state index is 6.23. The van der Waals surface area contributed by atoms with Gasteiger partial charge in [0.2, 0.25) is 0 Å². The van der Waals surface area contributed by atoms with E-state index in [1.165, 1.54) is 12.8 Å². The summed E-state index contributed by atoms with van der Waals surface area (Å²) in [6.45, 7) is 4.37. The summed E-state index contributed by atoms with van der Waals surface area (Å²) in [5.74, 6) is 2.09. The number of alkyl halides is 1. The maximum absolute atomic E-state index is 6.23. The molecule has 0 bridgehead atoms. The van der Waals surface area contributed by atoms with Crippen LogP contribution in [0.25, 0.3) is 0 Å². The van der Waals surface area contributed by atoms with Crippen LogP contribution in [0.5, 0.6) is 0 Å². The lowest BCUT2D eigenvalue weighted by molar-refractivity contribution is 0.444. The third kappa shape index (κ3) is 2.61. The Hall–Kier alpha value is -0.470. The number of hydrogen-bond acceptors (Lipinski definition) is 2. The van der Waals surface area contributed by atoms with Crippen molar-refractivity contribution < 1.29 is 0 Å². The molecule has 0 radical (unpaired) electrons. The summed E-state index contributed by atoms with van der Waals surface area (Å²) in [7, 11) is 0. The monoisotopic (exact) mass is 258 g/mol. The van der Waals surface area contributed by atoms with E-state index in [-0.39, 0.29) is 0 Å². The van der Waals surface area contributed by atoms with Gasteiger partial charge in [0.25, 0.3) is 0 Å². The van der Waals surface area contributed by atoms with Gasteiger partial charge in [-0.3, -0.25) is 0 Å². The molecule has 0 spiro atoms. The molecule has 1 unspecified atom stereocenters. The fraction of sp³-hybridized carbons (Fsp3) is 0.583. The van der Waals surface area contributed by atoms with Crippen molar-refractivity contribution in [3.05, 3.63) is 22.8 Å². The summed E-state index contributed by atoms with van der Waals surface area (Å²) < 4.78 is 0. The van der Waals surface area contributed by atoms with E-state index in [0.717, 1.165) is 30.4 Å². The minimum absolute atomic E-state index is 0.462. The standard InChI is InChI=1S/C12H16Cl2N2/c1-9-3-2-4-16(8-9)12-11(14)5-10(6-13)7-15-12/h5,7,9H,2-4,6,8H2,1H3. The van der Waals surface area contributed by atoms with Gasteiger partial charge in [-0.2, -0.15) is 0 Å². The van der Waals surface area contributed by atoms with E-state index in [9.17, 15) is 0 Å². The summed E-state index contributed by atoms with van der Waals surface area (Å²) in [6.07, 6.45) is 4.33. The molecule has 1 saturated heterocycles. The minimum atomic E-state index is 0.462. The number of nitrogens with zero attached hydrogens (tertiary/aromatic N) is 2. The van der Waals surface area contributed by atoms with Crippen LogP contribution in [0.4, 0.5) is 5.82 Å². The Morgan fingerprint density at radius 1 is 1.56 bits per heavy atom. The van der Waals surface area contributed by atoms with Crippen LogP contribution in [0, 0.1) is 5.92 Å². The van der Waals surface area contributed by atoms with Crippen LogP contribution < -0.4 is 4.90 Å². The second-order valence-electron chi connectivity index (χ2n) is 4.48. The normalized spacial score (nSPS) is 21.2. The third-order valence-electron chi connectivity index (χ3n) is 2.99. The first kappa shape index (κ1) is 12.0. The minimum Gasteiger partial charge on any atom is -0.355 e. The number of halogens is 2. The van der Waals surface area contributed by atoms with Gasteiger partial charge in [-0.25, -0.2) is 4.98 Å². The first-order valence-corrected chi connectivity index (χ1v) is 6.57. The largest absolute Gasteiger partial charge is 0.355 e. The molecule has 2 rings (SSSR count). The highest BCUT2D eigenvalue weighted by Gasteiger charge is 2.19. The number of anilines is 1. The van der Waals surface area contributed by atoms with E-state index in [2.05, 4.69) is 16.8 Å². The summed E-state index contributed by atoms with van der Waals surface area (Å²) in [5, 5.41) is 0.715. The summed E-state index contributed by atoms with van der Waals surface area (Å²) >= 11 is 12.0. The summed E-state index contributed by atoms with van der Waals surface area (Å²) in [4.78, 5) is 6.69. The molecule has 4 heteroatoms. The zero-order chi connectivity index (χ0) is 11.5. The Morgan fingerprint density at radius 2 is 2.38 bits per heavy atom. The van der Waals surface area contributed by atoms with E-state index < -0.39 is 0 Å². The smallest absolute Gasteiger partial charge is 0.147 e. The van der Waals surface area contributed by atoms with Crippen LogP contribution in [0.1, 0.15) is 25.3 Å². The number of rotatable bonds is 2. The fourth-order valence-electron chi connectivity index (χ4n) is 2.16. The topological polar surface area (TPSA) is 16.1 Å². The molecule has 1 fully saturated rings. The van der Waals surface area contributed by atoms with Gasteiger partial charge in [0, 0.05) is 25.2 Å². The molecule has 0 saturated carbocycles. The lowest BCUT2D eigenvalue weighted by Crippen LogP contribution is -2.35. The van der Waals surface area contributed by atoms with E-state index in [4.69, 9.17) is 23.2 Å². The third-order valence-corrected chi connectivity index (χ3v) is 3.58. The Labute approximate surface area is 107 Å². The van der Waals surface area contributed by atoms with E-state index >= 15 is 0 Å². The maximum Gasteiger partial charge on any atom is 0.147 e. The summed E-state index contributed by atoms with van der Waals surface area (Å²) in [5.41, 5.74) is 0.973. The average Bonchev–Trinajstić information content (AvgIpc) is 2.28. The van der Waals surface area contributed by atoms with Gasteiger partial charge in [0.1, 0.15) is 5.82 Å². The van der Waals surface area contributed by atoms with Crippen LogP contribution in [0.2, 0.25) is 5.02 Å². The molecule has 0 aromatic carbocycles. The van der Waals surface area contributed by atoms with Crippen molar-refractivity contribution in [3.63, 3.8) is 0 Å². The molecule has 2 heterocycles. The second kappa shape index (κ2) is 5.24. The number of pyridine rings is 1. The van der Waals surface area contributed by atoms with Crippen molar-refractivity contribution in [2.75, 3.05) is 18.0 Å². The fourth-order valence-corrected chi connectivity index (χ4v) is 2.61. The molecule has 0 aliphatic carbocycles. The molecule has 88 valence electrons. The van der Waals surface area contributed by atoms with Gasteiger partial charge >= 0.3 is 0 Å². The van der Waals surface area contributed by atoms with Gasteiger partial charge in [0.15, 0.2) is 0 Å². The van der Waals surface area contributed by atoms with Crippen LogP contribution in [-0.4, -0.2) is 18.1 Å². The molecule has 1 aromatic heterocycles. The van der Waals surface area contributed by atoms with E-state index in [1.54, 1.807) is 0 Å². The van der Waals surface area contributed by atoms with Crippen molar-refractivity contribution in [3.8, 4) is 0 Å². The lowest BCUT2D eigenvalue weighted by atomic mass is 10.0. The van der Waals surface area contributed by atoms with Gasteiger partial charge < -0.3 is 4.90 Å². The Morgan fingerprint density at radius 3 is 3.00 bits per heavy atom. The van der Waals surface area contributed by atoms with Crippen LogP contribution in [0.15, 0.2) is 12.3 Å².